The van der Waals surface area contributed by atoms with Gasteiger partial charge >= 0.3 is 0 Å². The Labute approximate surface area is 67.4 Å². The molecule has 0 saturated heterocycles. The van der Waals surface area contributed by atoms with Crippen molar-refractivity contribution in [1.82, 2.24) is 0 Å². The van der Waals surface area contributed by atoms with Crippen LogP contribution in [0.5, 0.6) is 0 Å². The smallest absolute Gasteiger partial charge is 0.0108 e. The molecule has 0 nitrogen and oxygen atoms in total. The fraction of sp³-hybridized carbons (Fsp3) is 1.00. The van der Waals surface area contributed by atoms with E-state index < -0.39 is 0 Å². The van der Waals surface area contributed by atoms with E-state index in [9.17, 15) is 0 Å². The van der Waals surface area contributed by atoms with Gasteiger partial charge in [0.2, 0.25) is 0 Å². The van der Waals surface area contributed by atoms with Crippen LogP contribution in [0, 0.1) is 34.0 Å². The minimum absolute atomic E-state index is 0.936. The van der Waals surface area contributed by atoms with Crippen LogP contribution in [0.25, 0.3) is 0 Å². The van der Waals surface area contributed by atoms with Crippen molar-refractivity contribution in [3.8, 4) is 0 Å². The Kier molecular flexibility index (Phi) is 0.375. The Morgan fingerprint density at radius 1 is 1.18 bits per heavy atom. The molecule has 0 aromatic heterocycles. The third-order valence-corrected chi connectivity index (χ3v) is 6.75. The fourth-order valence-electron chi connectivity index (χ4n) is 6.79. The SMILES string of the molecule is CC12C3CCC4CC5CC51C432. The topological polar surface area (TPSA) is 0 Å². The first-order valence-electron chi connectivity index (χ1n) is 5.30. The molecule has 0 heterocycles. The van der Waals surface area contributed by atoms with Crippen LogP contribution in [0.15, 0.2) is 0 Å². The van der Waals surface area contributed by atoms with Gasteiger partial charge < -0.3 is 0 Å². The summed E-state index contributed by atoms with van der Waals surface area (Å²) in [7, 11) is 0. The van der Waals surface area contributed by atoms with Crippen LogP contribution >= 0.6 is 0 Å². The van der Waals surface area contributed by atoms with E-state index in [1.165, 1.54) is 17.8 Å². The average Bonchev–Trinajstić information content (AvgIpc) is 2.81. The van der Waals surface area contributed by atoms with Crippen LogP contribution in [0.3, 0.4) is 0 Å². The highest BCUT2D eigenvalue weighted by atomic mass is 15.2. The zero-order valence-corrected chi connectivity index (χ0v) is 7.06. The van der Waals surface area contributed by atoms with Gasteiger partial charge in [-0.25, -0.2) is 0 Å². The highest BCUT2D eigenvalue weighted by Gasteiger charge is 3.12. The molecule has 5 aliphatic rings. The van der Waals surface area contributed by atoms with Crippen molar-refractivity contribution < 1.29 is 0 Å². The molecule has 5 fully saturated rings. The summed E-state index contributed by atoms with van der Waals surface area (Å²) in [4.78, 5) is 0. The zero-order valence-electron chi connectivity index (χ0n) is 7.06. The molecule has 0 aromatic carbocycles. The Morgan fingerprint density at radius 3 is 2.82 bits per heavy atom. The van der Waals surface area contributed by atoms with Crippen molar-refractivity contribution in [2.45, 2.75) is 32.6 Å². The molecule has 58 valence electrons. The lowest BCUT2D eigenvalue weighted by Crippen LogP contribution is -2.08. The second kappa shape index (κ2) is 0.843. The van der Waals surface area contributed by atoms with E-state index in [0.29, 0.717) is 0 Å². The largest absolute Gasteiger partial charge is 0.0582 e. The highest BCUT2D eigenvalue weighted by molar-refractivity contribution is 5.59. The van der Waals surface area contributed by atoms with Crippen LogP contribution in [0.2, 0.25) is 0 Å². The van der Waals surface area contributed by atoms with Crippen molar-refractivity contribution in [2.24, 2.45) is 34.0 Å². The van der Waals surface area contributed by atoms with Crippen LogP contribution in [0.4, 0.5) is 0 Å². The first-order valence-corrected chi connectivity index (χ1v) is 5.30. The summed E-state index contributed by atoms with van der Waals surface area (Å²) in [6.07, 6.45) is 6.51. The maximum Gasteiger partial charge on any atom is -0.0108 e. The van der Waals surface area contributed by atoms with E-state index in [0.717, 1.165) is 16.2 Å². The lowest BCUT2D eigenvalue weighted by molar-refractivity contribution is 0.345. The number of hydrogen-bond donors (Lipinski definition) is 0. The van der Waals surface area contributed by atoms with Crippen molar-refractivity contribution in [3.63, 3.8) is 0 Å². The Morgan fingerprint density at radius 2 is 2.09 bits per heavy atom. The summed E-state index contributed by atoms with van der Waals surface area (Å²) in [6, 6.07) is 0. The first kappa shape index (κ1) is 4.89. The maximum atomic E-state index is 2.61. The van der Waals surface area contributed by atoms with Crippen LogP contribution in [-0.2, 0) is 0 Å². The van der Waals surface area contributed by atoms with Crippen molar-refractivity contribution in [1.29, 1.82) is 0 Å². The van der Waals surface area contributed by atoms with Crippen molar-refractivity contribution in [3.05, 3.63) is 0 Å². The molecule has 0 aliphatic heterocycles. The third kappa shape index (κ3) is 0.184. The Bertz CT molecular complexity index is 301. The van der Waals surface area contributed by atoms with Crippen LogP contribution in [-0.4, -0.2) is 0 Å². The summed E-state index contributed by atoms with van der Waals surface area (Å²) in [6.45, 7) is 2.61. The standard InChI is InChI=1S/C11H14/c1-9-8-3-2-6-4-7-5-10(7,9)11(6,8)9/h6-8H,2-5H2,1H3. The molecule has 0 heteroatoms. The second-order valence-electron chi connectivity index (χ2n) is 6.01. The van der Waals surface area contributed by atoms with E-state index in [2.05, 4.69) is 6.92 Å². The van der Waals surface area contributed by atoms with Gasteiger partial charge in [0.05, 0.1) is 0 Å². The molecule has 5 saturated carbocycles. The van der Waals surface area contributed by atoms with E-state index >= 15 is 0 Å². The average molecular weight is 146 g/mol. The normalized spacial score (nSPS) is 90.8. The molecule has 5 aliphatic carbocycles. The molecule has 2 spiro atoms. The first-order chi connectivity index (χ1) is 5.30. The molecule has 6 unspecified atom stereocenters. The molecular weight excluding hydrogens is 132 g/mol. The van der Waals surface area contributed by atoms with Gasteiger partial charge in [0.15, 0.2) is 0 Å². The number of rotatable bonds is 0. The maximum absolute atomic E-state index is 2.61. The van der Waals surface area contributed by atoms with Gasteiger partial charge in [-0.1, -0.05) is 6.92 Å². The Hall–Kier alpha value is 0. The third-order valence-electron chi connectivity index (χ3n) is 6.75. The lowest BCUT2D eigenvalue weighted by atomic mass is 9.91. The fourth-order valence-corrected chi connectivity index (χ4v) is 6.79. The summed E-state index contributed by atoms with van der Waals surface area (Å²) in [5.41, 5.74) is 2.95. The van der Waals surface area contributed by atoms with Gasteiger partial charge in [-0.3, -0.25) is 0 Å². The van der Waals surface area contributed by atoms with E-state index in [-0.39, 0.29) is 0 Å². The second-order valence-corrected chi connectivity index (χ2v) is 6.01. The summed E-state index contributed by atoms with van der Waals surface area (Å²) < 4.78 is 0. The van der Waals surface area contributed by atoms with E-state index in [1.807, 2.05) is 0 Å². The quantitative estimate of drug-likeness (QED) is 0.492. The molecule has 0 aromatic rings. The molecule has 5 rings (SSSR count). The molecule has 0 amide bonds. The van der Waals surface area contributed by atoms with E-state index in [1.54, 1.807) is 25.7 Å². The van der Waals surface area contributed by atoms with Crippen LogP contribution in [0.1, 0.15) is 32.6 Å². The lowest BCUT2D eigenvalue weighted by Gasteiger charge is -2.12. The minimum atomic E-state index is 0.936. The monoisotopic (exact) mass is 146 g/mol. The summed E-state index contributed by atoms with van der Waals surface area (Å²) in [5.74, 6) is 3.68. The predicted octanol–water partition coefficient (Wildman–Crippen LogP) is 2.44. The molecule has 11 heavy (non-hydrogen) atoms. The molecule has 0 bridgehead atoms. The van der Waals surface area contributed by atoms with Crippen LogP contribution < -0.4 is 0 Å². The molecular formula is C11H14. The van der Waals surface area contributed by atoms with Crippen molar-refractivity contribution in [2.75, 3.05) is 0 Å². The van der Waals surface area contributed by atoms with Gasteiger partial charge in [-0.05, 0) is 59.7 Å². The van der Waals surface area contributed by atoms with E-state index in [4.69, 9.17) is 0 Å². The predicted molar refractivity (Wildman–Crippen MR) is 41.9 cm³/mol. The Balaban J connectivity index is 1.87. The van der Waals surface area contributed by atoms with Gasteiger partial charge in [-0.2, -0.15) is 0 Å². The number of fused-ring (bicyclic) bond motifs is 1. The summed E-state index contributed by atoms with van der Waals surface area (Å²) in [5, 5.41) is 0. The molecule has 0 radical (unpaired) electrons. The van der Waals surface area contributed by atoms with Gasteiger partial charge in [0.25, 0.3) is 0 Å². The van der Waals surface area contributed by atoms with Crippen molar-refractivity contribution >= 4 is 0 Å². The number of hydrogen-bond acceptors (Lipinski definition) is 0. The van der Waals surface area contributed by atoms with Gasteiger partial charge in [-0.15, -0.1) is 0 Å². The molecule has 6 atom stereocenters. The zero-order chi connectivity index (χ0) is 7.06. The molecule has 0 N–H and O–H groups in total. The summed E-state index contributed by atoms with van der Waals surface area (Å²) >= 11 is 0. The minimum Gasteiger partial charge on any atom is -0.0582 e. The van der Waals surface area contributed by atoms with Gasteiger partial charge in [0, 0.05) is 0 Å². The highest BCUT2D eigenvalue weighted by Crippen LogP contribution is 3.16. The van der Waals surface area contributed by atoms with Gasteiger partial charge in [0.1, 0.15) is 0 Å².